The minimum atomic E-state index is -1.14. The number of carbonyl (C=O) groups excluding carboxylic acids is 3. The Balaban J connectivity index is 1.09. The average Bonchev–Trinajstić information content (AvgIpc) is 3.47. The number of likely N-dealkylation sites (tertiary alicyclic amines) is 1. The second kappa shape index (κ2) is 9.31. The van der Waals surface area contributed by atoms with Crippen molar-refractivity contribution in [2.24, 2.45) is 29.4 Å². The third kappa shape index (κ3) is 4.07. The van der Waals surface area contributed by atoms with E-state index in [0.29, 0.717) is 29.7 Å². The second-order valence-electron chi connectivity index (χ2n) is 11.0. The fourth-order valence-corrected chi connectivity index (χ4v) is 8.10. The number of hydrogen-bond donors (Lipinski definition) is 4. The molecule has 1 saturated carbocycles. The van der Waals surface area contributed by atoms with Gasteiger partial charge in [0.15, 0.2) is 0 Å². The Labute approximate surface area is 222 Å². The summed E-state index contributed by atoms with van der Waals surface area (Å²) >= 11 is 1.45. The Bertz CT molecular complexity index is 1200. The number of piperidine rings is 1. The first-order valence-corrected chi connectivity index (χ1v) is 13.8. The SMILES string of the molecule is C[C@@H](NC(=O)Cn1cnnn1)[C@H]1C(=O)N2C(C(=O)O)=C(SC3CNC(C(=O)N4CC5C(N)C5C4)C3)[C@H](C)[C@H]12. The number of hydrogen-bond acceptors (Lipinski definition) is 10. The van der Waals surface area contributed by atoms with Crippen LogP contribution in [-0.2, 0) is 25.7 Å². The standard InChI is InChI=1S/C23H31N9O5S/c1-9-18-16(10(2)27-15(33)7-31-8-26-28-29-31)22(35)32(18)19(23(36)37)20(9)38-11-3-14(25-4-11)21(34)30-5-12-13(6-30)17(12)24/h8-14,16-18,25H,3-7,24H2,1-2H3,(H,27,33)(H,36,37)/t9-,10-,11?,12?,13?,14?,16-,17?,18-/m1/s1. The lowest BCUT2D eigenvalue weighted by Gasteiger charge is -2.47. The second-order valence-corrected chi connectivity index (χ2v) is 12.3. The van der Waals surface area contributed by atoms with E-state index in [1.165, 1.54) is 27.7 Å². The Morgan fingerprint density at radius 2 is 2.05 bits per heavy atom. The summed E-state index contributed by atoms with van der Waals surface area (Å²) in [7, 11) is 0. The van der Waals surface area contributed by atoms with E-state index in [4.69, 9.17) is 5.73 Å². The molecule has 6 rings (SSSR count). The van der Waals surface area contributed by atoms with Crippen molar-refractivity contribution in [3.8, 4) is 0 Å². The number of nitrogens with two attached hydrogens (primary N) is 1. The van der Waals surface area contributed by atoms with Gasteiger partial charge in [-0.05, 0) is 35.6 Å². The highest BCUT2D eigenvalue weighted by molar-refractivity contribution is 8.03. The molecule has 0 spiro atoms. The van der Waals surface area contributed by atoms with Crippen molar-refractivity contribution in [2.75, 3.05) is 19.6 Å². The smallest absolute Gasteiger partial charge is 0.353 e. The largest absolute Gasteiger partial charge is 0.477 e. The zero-order valence-electron chi connectivity index (χ0n) is 21.1. The van der Waals surface area contributed by atoms with Crippen molar-refractivity contribution in [1.29, 1.82) is 0 Å². The molecule has 38 heavy (non-hydrogen) atoms. The molecule has 5 heterocycles. The van der Waals surface area contributed by atoms with Crippen LogP contribution >= 0.6 is 11.8 Å². The number of rotatable bonds is 8. The van der Waals surface area contributed by atoms with Crippen LogP contribution in [0.15, 0.2) is 16.9 Å². The van der Waals surface area contributed by atoms with E-state index in [0.717, 1.165) is 13.1 Å². The van der Waals surface area contributed by atoms with Gasteiger partial charge in [0.05, 0.1) is 18.0 Å². The van der Waals surface area contributed by atoms with Gasteiger partial charge in [0.1, 0.15) is 18.6 Å². The van der Waals surface area contributed by atoms with Crippen LogP contribution in [0.25, 0.3) is 0 Å². The van der Waals surface area contributed by atoms with E-state index in [1.807, 2.05) is 11.8 Å². The summed E-state index contributed by atoms with van der Waals surface area (Å²) in [5, 5.41) is 26.8. The Hall–Kier alpha value is -3.04. The summed E-state index contributed by atoms with van der Waals surface area (Å²) in [4.78, 5) is 54.7. The molecular formula is C23H31N9O5S. The Morgan fingerprint density at radius 1 is 1.32 bits per heavy atom. The van der Waals surface area contributed by atoms with E-state index < -0.39 is 17.9 Å². The molecule has 4 aliphatic heterocycles. The van der Waals surface area contributed by atoms with Crippen molar-refractivity contribution in [3.63, 3.8) is 0 Å². The Kier molecular flexibility index (Phi) is 6.18. The lowest BCUT2D eigenvalue weighted by atomic mass is 9.78. The van der Waals surface area contributed by atoms with Gasteiger partial charge in [-0.25, -0.2) is 9.48 Å². The van der Waals surface area contributed by atoms with Crippen LogP contribution < -0.4 is 16.4 Å². The zero-order valence-corrected chi connectivity index (χ0v) is 21.9. The van der Waals surface area contributed by atoms with Gasteiger partial charge < -0.3 is 31.3 Å². The van der Waals surface area contributed by atoms with Crippen LogP contribution in [0.5, 0.6) is 0 Å². The number of β-lactam (4-membered cyclic amide) rings is 1. The molecule has 14 nitrogen and oxygen atoms in total. The molecule has 5 aliphatic rings. The number of carboxylic acid groups (broad SMARTS) is 1. The van der Waals surface area contributed by atoms with Gasteiger partial charge in [0, 0.05) is 47.8 Å². The van der Waals surface area contributed by atoms with E-state index in [2.05, 4.69) is 26.2 Å². The minimum absolute atomic E-state index is 0.0100. The molecule has 1 aromatic heterocycles. The fourth-order valence-electron chi connectivity index (χ4n) is 6.62. The van der Waals surface area contributed by atoms with Crippen molar-refractivity contribution >= 4 is 35.5 Å². The van der Waals surface area contributed by atoms with E-state index in [1.54, 1.807) is 6.92 Å². The van der Waals surface area contributed by atoms with E-state index in [9.17, 15) is 24.3 Å². The van der Waals surface area contributed by atoms with E-state index in [-0.39, 0.29) is 59.3 Å². The summed E-state index contributed by atoms with van der Waals surface area (Å²) < 4.78 is 1.28. The minimum Gasteiger partial charge on any atom is -0.477 e. The number of thioether (sulfide) groups is 1. The molecule has 8 atom stereocenters. The zero-order chi connectivity index (χ0) is 26.9. The van der Waals surface area contributed by atoms with Crippen molar-refractivity contribution in [1.82, 2.24) is 40.6 Å². The molecule has 3 amide bonds. The summed E-state index contributed by atoms with van der Waals surface area (Å²) in [5.74, 6) is -1.61. The third-order valence-electron chi connectivity index (χ3n) is 8.67. The quantitative estimate of drug-likeness (QED) is 0.260. The number of aliphatic carboxylic acids is 1. The number of nitrogens with one attached hydrogen (secondary N) is 2. The van der Waals surface area contributed by atoms with Gasteiger partial charge in [-0.2, -0.15) is 0 Å². The molecular weight excluding hydrogens is 514 g/mol. The summed E-state index contributed by atoms with van der Waals surface area (Å²) in [6.07, 6.45) is 1.92. The molecule has 4 fully saturated rings. The van der Waals surface area contributed by atoms with E-state index >= 15 is 0 Å². The number of amides is 3. The van der Waals surface area contributed by atoms with Crippen molar-refractivity contribution in [3.05, 3.63) is 16.9 Å². The van der Waals surface area contributed by atoms with Crippen LogP contribution in [0.3, 0.4) is 0 Å². The van der Waals surface area contributed by atoms with Crippen molar-refractivity contribution < 1.29 is 24.3 Å². The van der Waals surface area contributed by atoms with Crippen LogP contribution in [0.1, 0.15) is 20.3 Å². The number of carboxylic acids is 1. The number of fused-ring (bicyclic) bond motifs is 2. The van der Waals surface area contributed by atoms with Gasteiger partial charge in [-0.15, -0.1) is 16.9 Å². The topological polar surface area (TPSA) is 189 Å². The van der Waals surface area contributed by atoms with Gasteiger partial charge in [0.2, 0.25) is 17.7 Å². The van der Waals surface area contributed by atoms with Gasteiger partial charge in [-0.3, -0.25) is 14.4 Å². The normalized spacial score (nSPS) is 36.1. The summed E-state index contributed by atoms with van der Waals surface area (Å²) in [5.41, 5.74) is 6.02. The maximum Gasteiger partial charge on any atom is 0.353 e. The lowest BCUT2D eigenvalue weighted by molar-refractivity contribution is -0.158. The van der Waals surface area contributed by atoms with Crippen LogP contribution in [-0.4, -0.2) is 108 Å². The van der Waals surface area contributed by atoms with Gasteiger partial charge in [0.25, 0.3) is 0 Å². The maximum atomic E-state index is 13.1. The molecule has 0 bridgehead atoms. The molecule has 1 aliphatic carbocycles. The summed E-state index contributed by atoms with van der Waals surface area (Å²) in [6, 6.07) is -0.923. The summed E-state index contributed by atoms with van der Waals surface area (Å²) in [6.45, 7) is 5.61. The molecule has 1 aromatic rings. The Morgan fingerprint density at radius 3 is 2.71 bits per heavy atom. The maximum absolute atomic E-state index is 13.1. The number of aromatic nitrogens is 4. The molecule has 5 N–H and O–H groups in total. The molecule has 15 heteroatoms. The molecule has 204 valence electrons. The predicted octanol–water partition coefficient (Wildman–Crippen LogP) is -2.17. The van der Waals surface area contributed by atoms with Crippen LogP contribution in [0.2, 0.25) is 0 Å². The predicted molar refractivity (Wildman–Crippen MR) is 133 cm³/mol. The third-order valence-corrected chi connectivity index (χ3v) is 10.2. The number of carbonyl (C=O) groups is 4. The number of nitrogens with zero attached hydrogens (tertiary/aromatic N) is 6. The average molecular weight is 546 g/mol. The highest BCUT2D eigenvalue weighted by Crippen LogP contribution is 2.52. The molecule has 0 radical (unpaired) electrons. The lowest BCUT2D eigenvalue weighted by Crippen LogP contribution is -2.66. The first-order valence-electron chi connectivity index (χ1n) is 12.9. The number of tetrazole rings is 1. The molecule has 4 unspecified atom stereocenters. The fraction of sp³-hybridized carbons (Fsp3) is 0.696. The molecule has 0 aromatic carbocycles. The van der Waals surface area contributed by atoms with Crippen LogP contribution in [0, 0.1) is 23.7 Å². The van der Waals surface area contributed by atoms with Crippen molar-refractivity contribution in [2.45, 2.75) is 56.2 Å². The highest BCUT2D eigenvalue weighted by Gasteiger charge is 2.61. The van der Waals surface area contributed by atoms with Crippen LogP contribution in [0.4, 0.5) is 0 Å². The van der Waals surface area contributed by atoms with Gasteiger partial charge in [-0.1, -0.05) is 6.92 Å². The molecule has 3 saturated heterocycles. The first kappa shape index (κ1) is 25.2. The monoisotopic (exact) mass is 545 g/mol. The van der Waals surface area contributed by atoms with Gasteiger partial charge >= 0.3 is 5.97 Å². The highest BCUT2D eigenvalue weighted by atomic mass is 32.2. The first-order chi connectivity index (χ1) is 18.2.